The van der Waals surface area contributed by atoms with Gasteiger partial charge in [0.1, 0.15) is 6.04 Å². The number of ketones is 3. The van der Waals surface area contributed by atoms with Gasteiger partial charge < -0.3 is 20.7 Å². The second-order valence-electron chi connectivity index (χ2n) is 13.3. The highest BCUT2D eigenvalue weighted by molar-refractivity contribution is 6.38. The molecule has 3 N–H and O–H groups in total. The Hall–Kier alpha value is -3.89. The van der Waals surface area contributed by atoms with Crippen molar-refractivity contribution in [2.75, 3.05) is 13.2 Å². The van der Waals surface area contributed by atoms with Crippen LogP contribution in [0.4, 0.5) is 0 Å². The number of benzene rings is 1. The molecule has 0 bridgehead atoms. The molecule has 47 heavy (non-hydrogen) atoms. The van der Waals surface area contributed by atoms with Gasteiger partial charge in [-0.05, 0) is 49.5 Å². The van der Waals surface area contributed by atoms with Crippen LogP contribution in [-0.4, -0.2) is 71.2 Å². The van der Waals surface area contributed by atoms with Gasteiger partial charge in [0, 0.05) is 31.7 Å². The number of nitrogens with two attached hydrogens (primary N) is 1. The lowest BCUT2D eigenvalue weighted by Gasteiger charge is -2.30. The minimum atomic E-state index is -0.919. The van der Waals surface area contributed by atoms with Gasteiger partial charge >= 0.3 is 5.97 Å². The number of hydrogen-bond acceptors (Lipinski definition) is 8. The maximum atomic E-state index is 13.6. The molecule has 3 unspecified atom stereocenters. The molecule has 1 heterocycles. The Morgan fingerprint density at radius 2 is 1.64 bits per heavy atom. The largest absolute Gasteiger partial charge is 0.465 e. The number of Topliss-reactive ketones (excluding diaryl/α,β-unsaturated/α-hetero) is 3. The Bertz CT molecular complexity index is 1250. The van der Waals surface area contributed by atoms with Gasteiger partial charge in [-0.25, -0.2) is 0 Å². The van der Waals surface area contributed by atoms with Crippen LogP contribution in [-0.2, 0) is 44.7 Å². The van der Waals surface area contributed by atoms with E-state index in [1.807, 2.05) is 65.0 Å². The first-order valence-corrected chi connectivity index (χ1v) is 16.9. The lowest BCUT2D eigenvalue weighted by molar-refractivity contribution is -0.152. The standard InChI is InChI=1S/C36H53N3O8/c1-6-11-26(34(44)30(40)17-18-32(42)38-28(35(37)45)16-15-25-12-8-7-9-13-25)20-31(41)29-14-10-19-39(29)36(46)27(24(4)5)21-33(43)47-22-23(2)3/h7-9,12-13,23-24,26-29H,6,10-11,14-22H2,1-5H3,(H2,37,45)(H,38,42)/t26?,27?,28?,29-/m0/s1. The highest BCUT2D eigenvalue weighted by Crippen LogP contribution is 2.28. The minimum Gasteiger partial charge on any atom is -0.465 e. The van der Waals surface area contributed by atoms with Crippen molar-refractivity contribution in [2.45, 2.75) is 111 Å². The van der Waals surface area contributed by atoms with Crippen LogP contribution >= 0.6 is 0 Å². The molecular weight excluding hydrogens is 602 g/mol. The van der Waals surface area contributed by atoms with Crippen LogP contribution in [0, 0.1) is 23.7 Å². The number of nitrogens with zero attached hydrogens (tertiary/aromatic N) is 1. The molecule has 260 valence electrons. The molecule has 0 saturated carbocycles. The van der Waals surface area contributed by atoms with E-state index in [1.54, 1.807) is 0 Å². The molecule has 1 aliphatic rings. The Morgan fingerprint density at radius 1 is 0.957 bits per heavy atom. The van der Waals surface area contributed by atoms with Crippen LogP contribution in [0.2, 0.25) is 0 Å². The van der Waals surface area contributed by atoms with E-state index in [1.165, 1.54) is 4.90 Å². The van der Waals surface area contributed by atoms with Crippen LogP contribution < -0.4 is 11.1 Å². The van der Waals surface area contributed by atoms with Crippen molar-refractivity contribution in [1.82, 2.24) is 10.2 Å². The quantitative estimate of drug-likeness (QED) is 0.149. The minimum absolute atomic E-state index is 0.0765. The van der Waals surface area contributed by atoms with Crippen molar-refractivity contribution in [3.8, 4) is 0 Å². The van der Waals surface area contributed by atoms with Gasteiger partial charge in [-0.3, -0.25) is 33.6 Å². The van der Waals surface area contributed by atoms with Crippen molar-refractivity contribution in [3.63, 3.8) is 0 Å². The monoisotopic (exact) mass is 655 g/mol. The van der Waals surface area contributed by atoms with E-state index >= 15 is 0 Å². The van der Waals surface area contributed by atoms with E-state index in [0.717, 1.165) is 5.56 Å². The summed E-state index contributed by atoms with van der Waals surface area (Å²) in [6.07, 6.45) is 1.81. The molecule has 0 spiro atoms. The average molecular weight is 656 g/mol. The maximum absolute atomic E-state index is 13.6. The lowest BCUT2D eigenvalue weighted by atomic mass is 9.87. The molecule has 1 fully saturated rings. The molecule has 2 rings (SSSR count). The SMILES string of the molecule is CCCC(CC(=O)[C@@H]1CCCN1C(=O)C(CC(=O)OCC(C)C)C(C)C)C(=O)C(=O)CCC(=O)NC(CCc1ccccc1)C(N)=O. The molecule has 1 aromatic rings. The number of likely N-dealkylation sites (tertiary alicyclic amines) is 1. The second-order valence-corrected chi connectivity index (χ2v) is 13.3. The third-order valence-electron chi connectivity index (χ3n) is 8.55. The summed E-state index contributed by atoms with van der Waals surface area (Å²) < 4.78 is 5.30. The highest BCUT2D eigenvalue weighted by atomic mass is 16.5. The van der Waals surface area contributed by atoms with Gasteiger partial charge in [0.2, 0.25) is 23.5 Å². The number of primary amides is 1. The van der Waals surface area contributed by atoms with E-state index in [0.29, 0.717) is 45.1 Å². The van der Waals surface area contributed by atoms with Crippen molar-refractivity contribution >= 4 is 41.0 Å². The first kappa shape index (κ1) is 39.3. The zero-order valence-corrected chi connectivity index (χ0v) is 28.6. The number of hydrogen-bond donors (Lipinski definition) is 2. The Labute approximate surface area is 278 Å². The van der Waals surface area contributed by atoms with Gasteiger partial charge in [0.15, 0.2) is 11.6 Å². The maximum Gasteiger partial charge on any atom is 0.306 e. The molecule has 1 aromatic carbocycles. The highest BCUT2D eigenvalue weighted by Gasteiger charge is 2.40. The smallest absolute Gasteiger partial charge is 0.306 e. The van der Waals surface area contributed by atoms with E-state index < -0.39 is 53.3 Å². The molecule has 11 nitrogen and oxygen atoms in total. The number of nitrogens with one attached hydrogen (secondary N) is 1. The predicted octanol–water partition coefficient (Wildman–Crippen LogP) is 3.74. The Morgan fingerprint density at radius 3 is 2.23 bits per heavy atom. The van der Waals surface area contributed by atoms with Crippen molar-refractivity contribution in [1.29, 1.82) is 0 Å². The molecule has 0 aromatic heterocycles. The fourth-order valence-electron chi connectivity index (χ4n) is 5.82. The summed E-state index contributed by atoms with van der Waals surface area (Å²) in [5.74, 6) is -5.26. The summed E-state index contributed by atoms with van der Waals surface area (Å²) in [7, 11) is 0. The molecule has 0 radical (unpaired) electrons. The van der Waals surface area contributed by atoms with Gasteiger partial charge in [-0.2, -0.15) is 0 Å². The fraction of sp³-hybridized carbons (Fsp3) is 0.639. The van der Waals surface area contributed by atoms with E-state index in [-0.39, 0.29) is 55.8 Å². The number of rotatable bonds is 21. The van der Waals surface area contributed by atoms with E-state index in [4.69, 9.17) is 10.5 Å². The molecule has 0 aliphatic carbocycles. The number of amides is 3. The number of carbonyl (C=O) groups is 7. The summed E-state index contributed by atoms with van der Waals surface area (Å²) in [4.78, 5) is 91.6. The number of aryl methyl sites for hydroxylation is 1. The molecule has 1 saturated heterocycles. The van der Waals surface area contributed by atoms with Crippen LogP contribution in [0.1, 0.15) is 98.0 Å². The van der Waals surface area contributed by atoms with Crippen LogP contribution in [0.3, 0.4) is 0 Å². The lowest BCUT2D eigenvalue weighted by Crippen LogP contribution is -2.46. The zero-order valence-electron chi connectivity index (χ0n) is 28.6. The molecule has 1 aliphatic heterocycles. The van der Waals surface area contributed by atoms with Crippen molar-refractivity contribution in [2.24, 2.45) is 29.4 Å². The molecular formula is C36H53N3O8. The summed E-state index contributed by atoms with van der Waals surface area (Å²) in [5.41, 5.74) is 6.46. The van der Waals surface area contributed by atoms with Gasteiger partial charge in [0.25, 0.3) is 0 Å². The van der Waals surface area contributed by atoms with Gasteiger partial charge in [-0.15, -0.1) is 0 Å². The Balaban J connectivity index is 1.98. The fourth-order valence-corrected chi connectivity index (χ4v) is 5.82. The first-order chi connectivity index (χ1) is 22.2. The summed E-state index contributed by atoms with van der Waals surface area (Å²) in [5, 5.41) is 2.56. The van der Waals surface area contributed by atoms with Crippen LogP contribution in [0.15, 0.2) is 30.3 Å². The molecule has 4 atom stereocenters. The van der Waals surface area contributed by atoms with E-state index in [9.17, 15) is 33.6 Å². The summed E-state index contributed by atoms with van der Waals surface area (Å²) in [6.45, 7) is 10.0. The zero-order chi connectivity index (χ0) is 35.1. The third kappa shape index (κ3) is 13.0. The predicted molar refractivity (Wildman–Crippen MR) is 177 cm³/mol. The third-order valence-corrected chi connectivity index (χ3v) is 8.55. The topological polar surface area (TPSA) is 170 Å². The van der Waals surface area contributed by atoms with Crippen LogP contribution in [0.25, 0.3) is 0 Å². The molecule has 11 heteroatoms. The van der Waals surface area contributed by atoms with Crippen molar-refractivity contribution < 1.29 is 38.3 Å². The summed E-state index contributed by atoms with van der Waals surface area (Å²) in [6, 6.07) is 7.77. The van der Waals surface area contributed by atoms with Gasteiger partial charge in [0.05, 0.1) is 25.0 Å². The second kappa shape index (κ2) is 19.7. The normalized spacial score (nSPS) is 16.4. The summed E-state index contributed by atoms with van der Waals surface area (Å²) >= 11 is 0. The van der Waals surface area contributed by atoms with Crippen molar-refractivity contribution in [3.05, 3.63) is 35.9 Å². The van der Waals surface area contributed by atoms with E-state index in [2.05, 4.69) is 5.32 Å². The molecule has 3 amide bonds. The van der Waals surface area contributed by atoms with Gasteiger partial charge in [-0.1, -0.05) is 71.4 Å². The first-order valence-electron chi connectivity index (χ1n) is 16.9. The van der Waals surface area contributed by atoms with Crippen LogP contribution in [0.5, 0.6) is 0 Å². The Kier molecular flexibility index (Phi) is 16.5. The number of esters is 1. The average Bonchev–Trinajstić information content (AvgIpc) is 3.53. The number of ether oxygens (including phenoxy) is 1. The number of carbonyl (C=O) groups excluding carboxylic acids is 7.